The molecule has 0 saturated carbocycles. The Morgan fingerprint density at radius 2 is 1.86 bits per heavy atom. The first-order valence-corrected chi connectivity index (χ1v) is 11.3. The van der Waals surface area contributed by atoms with Gasteiger partial charge in [-0.2, -0.15) is 0 Å². The lowest BCUT2D eigenvalue weighted by atomic mass is 10.1. The minimum absolute atomic E-state index is 0.0121. The van der Waals surface area contributed by atoms with Crippen molar-refractivity contribution in [2.45, 2.75) is 23.3 Å². The number of carbonyl (C=O) groups excluding carboxylic acids is 1. The second kappa shape index (κ2) is 9.18. The van der Waals surface area contributed by atoms with E-state index in [-0.39, 0.29) is 23.8 Å². The van der Waals surface area contributed by atoms with Crippen LogP contribution in [0, 0.1) is 0 Å². The zero-order chi connectivity index (χ0) is 20.0. The Hall–Kier alpha value is -2.42. The summed E-state index contributed by atoms with van der Waals surface area (Å²) in [6.45, 7) is 2.05. The van der Waals surface area contributed by atoms with Crippen molar-refractivity contribution >= 4 is 44.2 Å². The highest BCUT2D eigenvalue weighted by molar-refractivity contribution is 7.99. The van der Waals surface area contributed by atoms with Crippen molar-refractivity contribution < 1.29 is 13.2 Å². The lowest BCUT2D eigenvalue weighted by molar-refractivity contribution is -0.116. The zero-order valence-electron chi connectivity index (χ0n) is 15.4. The first-order valence-electron chi connectivity index (χ1n) is 8.85. The van der Waals surface area contributed by atoms with E-state index in [1.807, 2.05) is 37.3 Å². The number of benzene rings is 2. The lowest BCUT2D eigenvalue weighted by Crippen LogP contribution is -2.27. The second-order valence-corrected chi connectivity index (χ2v) is 9.07. The van der Waals surface area contributed by atoms with Crippen LogP contribution < -0.4 is 10.0 Å². The molecule has 0 spiro atoms. The average molecular weight is 416 g/mol. The molecule has 0 aliphatic carbocycles. The summed E-state index contributed by atoms with van der Waals surface area (Å²) in [4.78, 5) is 16.5. The van der Waals surface area contributed by atoms with Crippen molar-refractivity contribution in [2.75, 3.05) is 17.6 Å². The van der Waals surface area contributed by atoms with Crippen molar-refractivity contribution in [3.8, 4) is 0 Å². The molecule has 2 aromatic carbocycles. The predicted octanol–water partition coefficient (Wildman–Crippen LogP) is 3.65. The van der Waals surface area contributed by atoms with E-state index in [0.29, 0.717) is 5.69 Å². The molecule has 0 atom stereocenters. The van der Waals surface area contributed by atoms with Gasteiger partial charge in [-0.3, -0.25) is 4.79 Å². The van der Waals surface area contributed by atoms with Gasteiger partial charge in [-0.15, -0.1) is 11.8 Å². The third-order valence-electron chi connectivity index (χ3n) is 3.99. The van der Waals surface area contributed by atoms with E-state index in [0.717, 1.165) is 21.6 Å². The molecule has 2 N–H and O–H groups in total. The summed E-state index contributed by atoms with van der Waals surface area (Å²) in [5, 5.41) is 5.43. The lowest BCUT2D eigenvalue weighted by Gasteiger charge is -2.09. The minimum atomic E-state index is -3.68. The van der Waals surface area contributed by atoms with Gasteiger partial charge in [0.2, 0.25) is 15.9 Å². The monoisotopic (exact) mass is 415 g/mol. The van der Waals surface area contributed by atoms with E-state index in [2.05, 4.69) is 15.0 Å². The highest BCUT2D eigenvalue weighted by Gasteiger charge is 2.14. The quantitative estimate of drug-likeness (QED) is 0.548. The number of thioether (sulfide) groups is 1. The Bertz CT molecular complexity index is 1070. The molecule has 0 aliphatic rings. The molecule has 1 amide bonds. The van der Waals surface area contributed by atoms with Crippen LogP contribution in [0.25, 0.3) is 10.8 Å². The van der Waals surface area contributed by atoms with Gasteiger partial charge in [-0.25, -0.2) is 18.1 Å². The van der Waals surface area contributed by atoms with Gasteiger partial charge in [0.25, 0.3) is 0 Å². The number of hydrogen-bond donors (Lipinski definition) is 2. The Balaban J connectivity index is 1.54. The Labute approximate surface area is 168 Å². The van der Waals surface area contributed by atoms with Crippen LogP contribution in [0.2, 0.25) is 0 Å². The molecule has 0 unspecified atom stereocenters. The number of sulfonamides is 1. The van der Waals surface area contributed by atoms with Gasteiger partial charge in [0.05, 0.1) is 21.8 Å². The molecule has 0 fully saturated rings. The Kier molecular flexibility index (Phi) is 6.66. The molecule has 3 rings (SSSR count). The number of carbonyl (C=O) groups is 1. The molecule has 3 aromatic rings. The number of pyridine rings is 1. The molecule has 0 bridgehead atoms. The minimum Gasteiger partial charge on any atom is -0.325 e. The van der Waals surface area contributed by atoms with Crippen molar-refractivity contribution in [3.05, 3.63) is 60.8 Å². The Morgan fingerprint density at radius 1 is 1.07 bits per heavy atom. The molecule has 146 valence electrons. The van der Waals surface area contributed by atoms with Crippen molar-refractivity contribution in [3.63, 3.8) is 0 Å². The Morgan fingerprint density at radius 3 is 2.57 bits per heavy atom. The molecule has 1 aromatic heterocycles. The number of fused-ring (bicyclic) bond motifs is 1. The van der Waals surface area contributed by atoms with Gasteiger partial charge < -0.3 is 5.32 Å². The predicted molar refractivity (Wildman–Crippen MR) is 113 cm³/mol. The smallest absolute Gasteiger partial charge is 0.240 e. The molecule has 6 nitrogen and oxygen atoms in total. The summed E-state index contributed by atoms with van der Waals surface area (Å²) in [6, 6.07) is 16.1. The fraction of sp³-hybridized carbons (Fsp3) is 0.200. The second-order valence-electron chi connectivity index (χ2n) is 6.02. The molecule has 1 heterocycles. The summed E-state index contributed by atoms with van der Waals surface area (Å²) < 4.78 is 27.4. The number of anilines is 1. The highest BCUT2D eigenvalue weighted by atomic mass is 32.2. The van der Waals surface area contributed by atoms with Gasteiger partial charge in [0.15, 0.2) is 0 Å². The van der Waals surface area contributed by atoms with E-state index in [9.17, 15) is 13.2 Å². The SMILES string of the molecule is CCSc1ccc(NC(=O)CCNS(=O)(=O)c2ccc3ccccc3c2)cn1. The van der Waals surface area contributed by atoms with Crippen LogP contribution in [-0.2, 0) is 14.8 Å². The van der Waals surface area contributed by atoms with Crippen LogP contribution in [0.3, 0.4) is 0 Å². The highest BCUT2D eigenvalue weighted by Crippen LogP contribution is 2.19. The van der Waals surface area contributed by atoms with Crippen molar-refractivity contribution in [1.82, 2.24) is 9.71 Å². The first-order chi connectivity index (χ1) is 13.5. The fourth-order valence-electron chi connectivity index (χ4n) is 2.63. The fourth-order valence-corrected chi connectivity index (χ4v) is 4.28. The standard InChI is InChI=1S/C20H21N3O3S2/c1-2-27-20-10-8-17(14-21-20)23-19(24)11-12-22-28(25,26)18-9-7-15-5-3-4-6-16(15)13-18/h3-10,13-14,22H,2,11-12H2,1H3,(H,23,24). The van der Waals surface area contributed by atoms with E-state index in [1.54, 1.807) is 42.2 Å². The number of hydrogen-bond acceptors (Lipinski definition) is 5. The number of amides is 1. The third-order valence-corrected chi connectivity index (χ3v) is 6.27. The number of nitrogens with one attached hydrogen (secondary N) is 2. The topological polar surface area (TPSA) is 88.2 Å². The molecular weight excluding hydrogens is 394 g/mol. The van der Waals surface area contributed by atoms with Crippen LogP contribution in [0.5, 0.6) is 0 Å². The summed E-state index contributed by atoms with van der Waals surface area (Å²) in [7, 11) is -3.68. The van der Waals surface area contributed by atoms with E-state index >= 15 is 0 Å². The third kappa shape index (κ3) is 5.31. The maximum atomic E-state index is 12.5. The molecule has 8 heteroatoms. The van der Waals surface area contributed by atoms with Crippen molar-refractivity contribution in [2.24, 2.45) is 0 Å². The summed E-state index contributed by atoms with van der Waals surface area (Å²) in [5.74, 6) is 0.648. The molecule has 28 heavy (non-hydrogen) atoms. The van der Waals surface area contributed by atoms with E-state index < -0.39 is 10.0 Å². The normalized spacial score (nSPS) is 11.5. The van der Waals surface area contributed by atoms with Gasteiger partial charge in [0.1, 0.15) is 0 Å². The first kappa shape index (κ1) is 20.3. The molecule has 0 saturated heterocycles. The van der Waals surface area contributed by atoms with Crippen LogP contribution in [0.1, 0.15) is 13.3 Å². The number of nitrogens with zero attached hydrogens (tertiary/aromatic N) is 1. The van der Waals surface area contributed by atoms with Crippen LogP contribution in [-0.4, -0.2) is 31.6 Å². The largest absolute Gasteiger partial charge is 0.325 e. The number of rotatable bonds is 8. The summed E-state index contributed by atoms with van der Waals surface area (Å²) in [6.07, 6.45) is 1.62. The van der Waals surface area contributed by atoms with Gasteiger partial charge >= 0.3 is 0 Å². The average Bonchev–Trinajstić information content (AvgIpc) is 2.69. The molecule has 0 radical (unpaired) electrons. The van der Waals surface area contributed by atoms with Crippen molar-refractivity contribution in [1.29, 1.82) is 0 Å². The van der Waals surface area contributed by atoms with Gasteiger partial charge in [0, 0.05) is 13.0 Å². The zero-order valence-corrected chi connectivity index (χ0v) is 17.0. The maximum Gasteiger partial charge on any atom is 0.240 e. The molecular formula is C20H21N3O3S2. The summed E-state index contributed by atoms with van der Waals surface area (Å²) >= 11 is 1.62. The van der Waals surface area contributed by atoms with Gasteiger partial charge in [-0.1, -0.05) is 37.3 Å². The van der Waals surface area contributed by atoms with E-state index in [1.165, 1.54) is 0 Å². The maximum absolute atomic E-state index is 12.5. The van der Waals surface area contributed by atoms with E-state index in [4.69, 9.17) is 0 Å². The van der Waals surface area contributed by atoms with Crippen LogP contribution >= 0.6 is 11.8 Å². The van der Waals surface area contributed by atoms with Gasteiger partial charge in [-0.05, 0) is 40.8 Å². The molecule has 0 aliphatic heterocycles. The number of aromatic nitrogens is 1. The summed E-state index contributed by atoms with van der Waals surface area (Å²) in [5.41, 5.74) is 0.586. The van der Waals surface area contributed by atoms with Crippen LogP contribution in [0.4, 0.5) is 5.69 Å². The van der Waals surface area contributed by atoms with Crippen LogP contribution in [0.15, 0.2) is 70.7 Å².